The lowest BCUT2D eigenvalue weighted by Crippen LogP contribution is -2.07. The molecule has 0 amide bonds. The number of oxime groups is 1. The Morgan fingerprint density at radius 2 is 1.82 bits per heavy atom. The molecule has 7 nitrogen and oxygen atoms in total. The van der Waals surface area contributed by atoms with Crippen molar-refractivity contribution in [2.45, 2.75) is 33.5 Å². The Hall–Kier alpha value is -3.99. The molecular formula is C29H26Cl2N4O3. The van der Waals surface area contributed by atoms with Gasteiger partial charge in [-0.15, -0.1) is 0 Å². The number of halogens is 2. The van der Waals surface area contributed by atoms with Gasteiger partial charge >= 0.3 is 0 Å². The van der Waals surface area contributed by atoms with Gasteiger partial charge in [-0.2, -0.15) is 5.26 Å². The van der Waals surface area contributed by atoms with E-state index in [-0.39, 0.29) is 12.7 Å². The molecule has 9 heteroatoms. The molecule has 0 bridgehead atoms. The second-order valence-corrected chi connectivity index (χ2v) is 9.56. The maximum Gasteiger partial charge on any atom is 0.163 e. The molecule has 4 aromatic rings. The molecule has 0 radical (unpaired) electrons. The Balaban J connectivity index is 1.54. The lowest BCUT2D eigenvalue weighted by molar-refractivity contribution is 0.130. The summed E-state index contributed by atoms with van der Waals surface area (Å²) in [4.78, 5) is 9.95. The third-order valence-corrected chi connectivity index (χ3v) is 6.36. The molecule has 0 aliphatic rings. The van der Waals surface area contributed by atoms with Gasteiger partial charge in [-0.1, -0.05) is 46.6 Å². The monoisotopic (exact) mass is 548 g/mol. The van der Waals surface area contributed by atoms with Crippen molar-refractivity contribution in [3.63, 3.8) is 0 Å². The van der Waals surface area contributed by atoms with E-state index < -0.39 is 0 Å². The van der Waals surface area contributed by atoms with E-state index in [0.717, 1.165) is 22.2 Å². The largest absolute Gasteiger partial charge is 0.493 e. The van der Waals surface area contributed by atoms with E-state index in [9.17, 15) is 5.26 Å². The molecule has 0 atom stereocenters. The highest BCUT2D eigenvalue weighted by Gasteiger charge is 2.15. The summed E-state index contributed by atoms with van der Waals surface area (Å²) in [5.41, 5.74) is 5.00. The van der Waals surface area contributed by atoms with Crippen molar-refractivity contribution < 1.29 is 14.3 Å². The number of rotatable bonds is 9. The van der Waals surface area contributed by atoms with E-state index in [0.29, 0.717) is 44.0 Å². The number of nitriles is 1. The SMILES string of the molecule is COc1cc2c(Nc3ccc(/C(C)=N/OCc4ccc(Cl)c(Cl)c4)cc3)c(C#N)cnc2cc1OC(C)C. The average molecular weight is 549 g/mol. The predicted octanol–water partition coefficient (Wildman–Crippen LogP) is 7.89. The molecule has 0 aliphatic heterocycles. The van der Waals surface area contributed by atoms with E-state index in [2.05, 4.69) is 21.5 Å². The highest BCUT2D eigenvalue weighted by Crippen LogP contribution is 2.37. The number of hydrogen-bond acceptors (Lipinski definition) is 7. The fraction of sp³-hybridized carbons (Fsp3) is 0.207. The van der Waals surface area contributed by atoms with Gasteiger partial charge in [0, 0.05) is 23.3 Å². The van der Waals surface area contributed by atoms with Crippen LogP contribution in [0.3, 0.4) is 0 Å². The number of nitrogens with one attached hydrogen (secondary N) is 1. The molecule has 0 saturated carbocycles. The molecule has 0 saturated heterocycles. The topological polar surface area (TPSA) is 88.8 Å². The Morgan fingerprint density at radius 1 is 1.05 bits per heavy atom. The van der Waals surface area contributed by atoms with Crippen molar-refractivity contribution >= 4 is 51.2 Å². The van der Waals surface area contributed by atoms with Gasteiger partial charge in [0.2, 0.25) is 0 Å². The normalized spacial score (nSPS) is 11.4. The average Bonchev–Trinajstić information content (AvgIpc) is 2.90. The third-order valence-electron chi connectivity index (χ3n) is 5.63. The number of hydrogen-bond donors (Lipinski definition) is 1. The standard InChI is InChI=1S/C29H26Cl2N4O3/c1-17(2)38-28-13-26-23(12-27(28)36-4)29(21(14-32)15-33-26)34-22-8-6-20(7-9-22)18(3)35-37-16-19-5-10-24(30)25(31)11-19/h5-13,15,17H,16H2,1-4H3,(H,33,34)/b35-18+. The van der Waals surface area contributed by atoms with Gasteiger partial charge in [0.05, 0.1) is 45.7 Å². The maximum atomic E-state index is 9.74. The van der Waals surface area contributed by atoms with Crippen LogP contribution in [-0.4, -0.2) is 23.9 Å². The summed E-state index contributed by atoms with van der Waals surface area (Å²) in [6, 6.07) is 18.9. The molecule has 4 rings (SSSR count). The quantitative estimate of drug-likeness (QED) is 0.169. The first-order valence-corrected chi connectivity index (χ1v) is 12.6. The van der Waals surface area contributed by atoms with Gasteiger partial charge in [-0.3, -0.25) is 4.98 Å². The van der Waals surface area contributed by atoms with E-state index in [1.807, 2.05) is 63.2 Å². The molecule has 0 unspecified atom stereocenters. The van der Waals surface area contributed by atoms with Crippen molar-refractivity contribution in [3.05, 3.63) is 87.5 Å². The Bertz CT molecular complexity index is 1530. The summed E-state index contributed by atoms with van der Waals surface area (Å²) in [5, 5.41) is 19.0. The van der Waals surface area contributed by atoms with Gasteiger partial charge in [0.25, 0.3) is 0 Å². The molecule has 3 aromatic carbocycles. The smallest absolute Gasteiger partial charge is 0.163 e. The van der Waals surface area contributed by atoms with Crippen molar-refractivity contribution in [1.82, 2.24) is 4.98 Å². The van der Waals surface area contributed by atoms with Crippen molar-refractivity contribution in [2.75, 3.05) is 12.4 Å². The summed E-state index contributed by atoms with van der Waals surface area (Å²) in [6.45, 7) is 6.03. The second-order valence-electron chi connectivity index (χ2n) is 8.75. The van der Waals surface area contributed by atoms with Crippen molar-refractivity contribution in [2.24, 2.45) is 5.16 Å². The Kier molecular flexibility index (Phi) is 8.57. The zero-order valence-corrected chi connectivity index (χ0v) is 22.9. The minimum Gasteiger partial charge on any atom is -0.493 e. The highest BCUT2D eigenvalue weighted by atomic mass is 35.5. The molecule has 1 aromatic heterocycles. The molecule has 1 heterocycles. The minimum atomic E-state index is -0.0239. The number of aromatic nitrogens is 1. The lowest BCUT2D eigenvalue weighted by atomic mass is 10.1. The van der Waals surface area contributed by atoms with Crippen LogP contribution in [0.25, 0.3) is 10.9 Å². The summed E-state index contributed by atoms with van der Waals surface area (Å²) in [6.07, 6.45) is 1.52. The maximum absolute atomic E-state index is 9.74. The fourth-order valence-electron chi connectivity index (χ4n) is 3.75. The number of ether oxygens (including phenoxy) is 2. The lowest BCUT2D eigenvalue weighted by Gasteiger charge is -2.17. The zero-order chi connectivity index (χ0) is 27.2. The summed E-state index contributed by atoms with van der Waals surface area (Å²) < 4.78 is 11.4. The second kappa shape index (κ2) is 12.0. The van der Waals surface area contributed by atoms with Crippen LogP contribution in [0.15, 0.2) is 65.9 Å². The van der Waals surface area contributed by atoms with E-state index >= 15 is 0 Å². The van der Waals surface area contributed by atoms with Crippen LogP contribution < -0.4 is 14.8 Å². The van der Waals surface area contributed by atoms with Crippen LogP contribution in [-0.2, 0) is 11.4 Å². The molecule has 1 N–H and O–H groups in total. The van der Waals surface area contributed by atoms with Gasteiger partial charge < -0.3 is 19.6 Å². The molecule has 194 valence electrons. The fourth-order valence-corrected chi connectivity index (χ4v) is 4.07. The number of methoxy groups -OCH3 is 1. The predicted molar refractivity (Wildman–Crippen MR) is 152 cm³/mol. The first kappa shape index (κ1) is 27.1. The Labute approximate surface area is 231 Å². The van der Waals surface area contributed by atoms with Gasteiger partial charge in [0.1, 0.15) is 12.7 Å². The summed E-state index contributed by atoms with van der Waals surface area (Å²) in [7, 11) is 1.58. The molecular weight excluding hydrogens is 523 g/mol. The van der Waals surface area contributed by atoms with E-state index in [1.165, 1.54) is 0 Å². The van der Waals surface area contributed by atoms with Gasteiger partial charge in [0.15, 0.2) is 11.5 Å². The van der Waals surface area contributed by atoms with Crippen LogP contribution in [0.4, 0.5) is 11.4 Å². The van der Waals surface area contributed by atoms with Crippen LogP contribution >= 0.6 is 23.2 Å². The van der Waals surface area contributed by atoms with Crippen molar-refractivity contribution in [3.8, 4) is 17.6 Å². The first-order valence-electron chi connectivity index (χ1n) is 11.8. The zero-order valence-electron chi connectivity index (χ0n) is 21.4. The van der Waals surface area contributed by atoms with Crippen molar-refractivity contribution in [1.29, 1.82) is 5.26 Å². The van der Waals surface area contributed by atoms with Crippen LogP contribution in [0, 0.1) is 11.3 Å². The summed E-state index contributed by atoms with van der Waals surface area (Å²) >= 11 is 12.0. The number of anilines is 2. The molecule has 38 heavy (non-hydrogen) atoms. The van der Waals surface area contributed by atoms with Gasteiger partial charge in [-0.05, 0) is 62.2 Å². The third kappa shape index (κ3) is 6.28. The molecule has 0 aliphatic carbocycles. The number of fused-ring (bicyclic) bond motifs is 1. The van der Waals surface area contributed by atoms with Gasteiger partial charge in [-0.25, -0.2) is 0 Å². The number of benzene rings is 3. The van der Waals surface area contributed by atoms with E-state index in [1.54, 1.807) is 25.4 Å². The first-order chi connectivity index (χ1) is 18.3. The highest BCUT2D eigenvalue weighted by molar-refractivity contribution is 6.42. The minimum absolute atomic E-state index is 0.0239. The van der Waals surface area contributed by atoms with Crippen LogP contribution in [0.1, 0.15) is 37.5 Å². The molecule has 0 spiro atoms. The number of nitrogens with zero attached hydrogens (tertiary/aromatic N) is 3. The van der Waals surface area contributed by atoms with E-state index in [4.69, 9.17) is 37.5 Å². The molecule has 0 fully saturated rings. The summed E-state index contributed by atoms with van der Waals surface area (Å²) in [5.74, 6) is 1.16. The van der Waals surface area contributed by atoms with Crippen LogP contribution in [0.5, 0.6) is 11.5 Å². The Morgan fingerprint density at radius 3 is 2.47 bits per heavy atom. The number of pyridine rings is 1. The van der Waals surface area contributed by atoms with Crippen LogP contribution in [0.2, 0.25) is 10.0 Å².